The lowest BCUT2D eigenvalue weighted by atomic mass is 9.99. The van der Waals surface area contributed by atoms with E-state index in [9.17, 15) is 19.5 Å². The van der Waals surface area contributed by atoms with E-state index in [-0.39, 0.29) is 6.79 Å². The molecule has 0 radical (unpaired) electrons. The van der Waals surface area contributed by atoms with Crippen LogP contribution in [0.4, 0.5) is 0 Å². The molecule has 1 aromatic carbocycles. The molecule has 0 saturated heterocycles. The Hall–Kier alpha value is -3.53. The Kier molecular flexibility index (Phi) is 9.52. The number of hydrogen-bond donors (Lipinski definition) is 1. The lowest BCUT2D eigenvalue weighted by Gasteiger charge is -2.31. The molecule has 0 bridgehead atoms. The van der Waals surface area contributed by atoms with Crippen LogP contribution in [0.1, 0.15) is 60.1 Å². The lowest BCUT2D eigenvalue weighted by Crippen LogP contribution is -2.49. The Morgan fingerprint density at radius 1 is 1.00 bits per heavy atom. The molecular weight excluding hydrogens is 472 g/mol. The molecule has 0 spiro atoms. The molecule has 10 nitrogen and oxygen atoms in total. The molecule has 1 aliphatic heterocycles. The molecule has 0 aliphatic carbocycles. The number of benzene rings is 1. The first kappa shape index (κ1) is 28.7. The third-order valence-corrected chi connectivity index (χ3v) is 5.96. The van der Waals surface area contributed by atoms with E-state index >= 15 is 0 Å². The fraction of sp³-hybridized carbons (Fsp3) is 0.500. The number of carbonyl (C=O) groups is 3. The summed E-state index contributed by atoms with van der Waals surface area (Å²) in [5.74, 6) is -1.25. The number of esters is 3. The molecule has 36 heavy (non-hydrogen) atoms. The number of aliphatic hydroxyl groups is 1. The Labute approximate surface area is 210 Å². The summed E-state index contributed by atoms with van der Waals surface area (Å²) < 4.78 is 32.7. The number of methoxy groups -OCH3 is 1. The van der Waals surface area contributed by atoms with Crippen molar-refractivity contribution in [2.75, 3.05) is 13.9 Å². The van der Waals surface area contributed by atoms with Gasteiger partial charge in [0, 0.05) is 16.7 Å². The summed E-state index contributed by atoms with van der Waals surface area (Å²) in [6, 6.07) is 3.18. The quantitative estimate of drug-likeness (QED) is 0.286. The summed E-state index contributed by atoms with van der Waals surface area (Å²) in [6.07, 6.45) is -0.252. The minimum absolute atomic E-state index is 0.00596. The van der Waals surface area contributed by atoms with Crippen molar-refractivity contribution < 1.29 is 47.9 Å². The van der Waals surface area contributed by atoms with E-state index in [1.165, 1.54) is 27.9 Å². The van der Waals surface area contributed by atoms with Crippen LogP contribution in [0.15, 0.2) is 35.4 Å². The van der Waals surface area contributed by atoms with Crippen LogP contribution in [0.25, 0.3) is 0 Å². The van der Waals surface area contributed by atoms with E-state index in [0.29, 0.717) is 34.0 Å². The van der Waals surface area contributed by atoms with Gasteiger partial charge in [0.1, 0.15) is 12.2 Å². The summed E-state index contributed by atoms with van der Waals surface area (Å²) in [7, 11) is 1.45. The Bertz CT molecular complexity index is 1050. The number of fused-ring (bicyclic) bond motifs is 1. The molecule has 0 fully saturated rings. The first-order chi connectivity index (χ1) is 16.9. The highest BCUT2D eigenvalue weighted by molar-refractivity contribution is 5.89. The molecule has 1 N–H and O–H groups in total. The average Bonchev–Trinajstić information content (AvgIpc) is 3.33. The third-order valence-electron chi connectivity index (χ3n) is 5.96. The predicted octanol–water partition coefficient (Wildman–Crippen LogP) is 3.56. The van der Waals surface area contributed by atoms with Crippen molar-refractivity contribution in [2.45, 2.75) is 72.4 Å². The summed E-state index contributed by atoms with van der Waals surface area (Å²) in [5, 5.41) is 10.8. The van der Waals surface area contributed by atoms with Crippen LogP contribution in [0, 0.1) is 0 Å². The smallest absolute Gasteiger partial charge is 0.342 e. The van der Waals surface area contributed by atoms with Gasteiger partial charge in [0.05, 0.1) is 7.11 Å². The predicted molar refractivity (Wildman–Crippen MR) is 129 cm³/mol. The zero-order chi connectivity index (χ0) is 27.2. The van der Waals surface area contributed by atoms with Gasteiger partial charge in [0.2, 0.25) is 12.5 Å². The van der Waals surface area contributed by atoms with Gasteiger partial charge in [-0.15, -0.1) is 0 Å². The van der Waals surface area contributed by atoms with E-state index in [1.54, 1.807) is 52.0 Å². The van der Waals surface area contributed by atoms with Crippen molar-refractivity contribution in [3.63, 3.8) is 0 Å². The van der Waals surface area contributed by atoms with Crippen LogP contribution in [0.3, 0.4) is 0 Å². The zero-order valence-electron chi connectivity index (χ0n) is 21.9. The van der Waals surface area contributed by atoms with Crippen molar-refractivity contribution in [1.82, 2.24) is 0 Å². The molecule has 0 unspecified atom stereocenters. The Balaban J connectivity index is 2.34. The van der Waals surface area contributed by atoms with Gasteiger partial charge in [0.15, 0.2) is 23.2 Å². The van der Waals surface area contributed by atoms with Gasteiger partial charge in [0.25, 0.3) is 0 Å². The molecule has 1 heterocycles. The maximum absolute atomic E-state index is 13.0. The highest BCUT2D eigenvalue weighted by Gasteiger charge is 2.43. The highest BCUT2D eigenvalue weighted by Crippen LogP contribution is 2.44. The molecule has 10 heteroatoms. The standard InChI is InChI=1S/C26H34O10/c1-9-14(3)23(27)35-17(6)26(7,30)25(29)34-16(5)21(36-24(28)15(4)10-2)18-11-19(31-8)22-20(12-18)32-13-33-22/h9-12,16-17,21,30H,13H2,1-8H3/b14-9-,15-10-/t16-,17-,21-,26+/m0/s1. The van der Waals surface area contributed by atoms with Crippen LogP contribution in [0.5, 0.6) is 17.2 Å². The third kappa shape index (κ3) is 6.37. The normalized spacial score (nSPS) is 17.4. The number of rotatable bonds is 10. The number of carbonyl (C=O) groups excluding carboxylic acids is 3. The number of hydrogen-bond acceptors (Lipinski definition) is 10. The maximum atomic E-state index is 13.0. The van der Waals surface area contributed by atoms with E-state index in [1.807, 2.05) is 0 Å². The molecule has 198 valence electrons. The summed E-state index contributed by atoms with van der Waals surface area (Å²) in [4.78, 5) is 37.7. The fourth-order valence-corrected chi connectivity index (χ4v) is 3.08. The van der Waals surface area contributed by atoms with Gasteiger partial charge < -0.3 is 33.5 Å². The Morgan fingerprint density at radius 2 is 1.58 bits per heavy atom. The van der Waals surface area contributed by atoms with Gasteiger partial charge in [-0.3, -0.25) is 0 Å². The first-order valence-corrected chi connectivity index (χ1v) is 11.5. The average molecular weight is 507 g/mol. The summed E-state index contributed by atoms with van der Waals surface area (Å²) >= 11 is 0. The first-order valence-electron chi connectivity index (χ1n) is 11.5. The molecule has 4 atom stereocenters. The van der Waals surface area contributed by atoms with Crippen molar-refractivity contribution in [3.05, 3.63) is 41.0 Å². The largest absolute Gasteiger partial charge is 0.493 e. The second kappa shape index (κ2) is 11.9. The highest BCUT2D eigenvalue weighted by atomic mass is 16.7. The summed E-state index contributed by atoms with van der Waals surface area (Å²) in [6.45, 7) is 10.6. The van der Waals surface area contributed by atoms with E-state index < -0.39 is 41.8 Å². The molecule has 0 aromatic heterocycles. The Morgan fingerprint density at radius 3 is 2.14 bits per heavy atom. The van der Waals surface area contributed by atoms with Crippen LogP contribution in [0.2, 0.25) is 0 Å². The monoisotopic (exact) mass is 506 g/mol. The van der Waals surface area contributed by atoms with Crippen molar-refractivity contribution in [2.24, 2.45) is 0 Å². The van der Waals surface area contributed by atoms with E-state index in [4.69, 9.17) is 28.4 Å². The van der Waals surface area contributed by atoms with Gasteiger partial charge >= 0.3 is 17.9 Å². The van der Waals surface area contributed by atoms with E-state index in [0.717, 1.165) is 0 Å². The topological polar surface area (TPSA) is 127 Å². The van der Waals surface area contributed by atoms with Crippen molar-refractivity contribution >= 4 is 17.9 Å². The van der Waals surface area contributed by atoms with Crippen LogP contribution in [-0.2, 0) is 28.6 Å². The van der Waals surface area contributed by atoms with Crippen molar-refractivity contribution in [1.29, 1.82) is 0 Å². The minimum atomic E-state index is -2.18. The molecule has 0 amide bonds. The van der Waals surface area contributed by atoms with Gasteiger partial charge in [-0.25, -0.2) is 14.4 Å². The molecule has 0 saturated carbocycles. The van der Waals surface area contributed by atoms with Gasteiger partial charge in [-0.2, -0.15) is 0 Å². The van der Waals surface area contributed by atoms with Gasteiger partial charge in [-0.1, -0.05) is 12.2 Å². The van der Waals surface area contributed by atoms with Gasteiger partial charge in [-0.05, 0) is 60.6 Å². The number of allylic oxidation sites excluding steroid dienone is 2. The maximum Gasteiger partial charge on any atom is 0.342 e. The molecular formula is C26H34O10. The summed E-state index contributed by atoms with van der Waals surface area (Å²) in [5.41, 5.74) is -1.10. The second-order valence-electron chi connectivity index (χ2n) is 8.53. The SMILES string of the molecule is C/C=C(/C)C(=O)O[C@H](c1cc(OC)c2c(c1)OCO2)[C@H](C)OC(=O)[C@](C)(O)[C@H](C)OC(=O)/C(C)=C\C. The fourth-order valence-electron chi connectivity index (χ4n) is 3.08. The van der Waals surface area contributed by atoms with Crippen LogP contribution >= 0.6 is 0 Å². The van der Waals surface area contributed by atoms with E-state index in [2.05, 4.69) is 0 Å². The molecule has 2 rings (SSSR count). The number of ether oxygens (including phenoxy) is 6. The minimum Gasteiger partial charge on any atom is -0.493 e. The molecule has 1 aliphatic rings. The zero-order valence-corrected chi connectivity index (χ0v) is 21.9. The molecule has 1 aromatic rings. The van der Waals surface area contributed by atoms with Crippen LogP contribution in [-0.4, -0.2) is 54.7 Å². The lowest BCUT2D eigenvalue weighted by molar-refractivity contribution is -0.192. The second-order valence-corrected chi connectivity index (χ2v) is 8.53. The van der Waals surface area contributed by atoms with Crippen LogP contribution < -0.4 is 14.2 Å². The van der Waals surface area contributed by atoms with Crippen molar-refractivity contribution in [3.8, 4) is 17.2 Å².